The van der Waals surface area contributed by atoms with Crippen LogP contribution in [0, 0.1) is 0 Å². The lowest BCUT2D eigenvalue weighted by Gasteiger charge is -2.32. The molecule has 2 rings (SSSR count). The van der Waals surface area contributed by atoms with Gasteiger partial charge in [-0.15, -0.1) is 0 Å². The van der Waals surface area contributed by atoms with Gasteiger partial charge in [0.15, 0.2) is 0 Å². The highest BCUT2D eigenvalue weighted by atomic mass is 32.2. The van der Waals surface area contributed by atoms with Crippen molar-refractivity contribution in [1.29, 1.82) is 0 Å². The number of nitrogen functional groups attached to an aromatic ring is 1. The van der Waals surface area contributed by atoms with Crippen molar-refractivity contribution < 1.29 is 4.79 Å². The maximum absolute atomic E-state index is 12.0. The number of anilines is 1. The van der Waals surface area contributed by atoms with E-state index in [-0.39, 0.29) is 5.91 Å². The third-order valence-electron chi connectivity index (χ3n) is 2.96. The first-order chi connectivity index (χ1) is 8.65. The zero-order valence-corrected chi connectivity index (χ0v) is 11.3. The Balaban J connectivity index is 1.79. The van der Waals surface area contributed by atoms with Crippen molar-refractivity contribution in [3.8, 4) is 0 Å². The minimum atomic E-state index is 0.187. The summed E-state index contributed by atoms with van der Waals surface area (Å²) < 4.78 is 0. The number of carbonyl (C=O) groups is 1. The number of likely N-dealkylation sites (N-methyl/N-ethyl adjacent to an activating group) is 1. The first-order valence-corrected chi connectivity index (χ1v) is 6.94. The number of carbonyl (C=O) groups excluding carboxylic acids is 1. The summed E-state index contributed by atoms with van der Waals surface area (Å²) in [6.07, 6.45) is 1.61. The number of amides is 1. The molecule has 98 valence electrons. The number of hydrogen-bond acceptors (Lipinski definition) is 5. The van der Waals surface area contributed by atoms with Crippen LogP contribution in [0.4, 0.5) is 5.69 Å². The van der Waals surface area contributed by atoms with Crippen LogP contribution in [0.25, 0.3) is 0 Å². The maximum atomic E-state index is 12.0. The second-order valence-electron chi connectivity index (χ2n) is 4.40. The van der Waals surface area contributed by atoms with E-state index in [9.17, 15) is 4.79 Å². The van der Waals surface area contributed by atoms with Gasteiger partial charge < -0.3 is 15.5 Å². The van der Waals surface area contributed by atoms with Gasteiger partial charge in [0, 0.05) is 26.2 Å². The Kier molecular flexibility index (Phi) is 4.43. The Morgan fingerprint density at radius 3 is 2.72 bits per heavy atom. The van der Waals surface area contributed by atoms with Crippen LogP contribution in [-0.4, -0.2) is 59.7 Å². The number of aromatic nitrogens is 1. The topological polar surface area (TPSA) is 62.5 Å². The summed E-state index contributed by atoms with van der Waals surface area (Å²) in [7, 11) is 2.08. The van der Waals surface area contributed by atoms with Gasteiger partial charge in [0.1, 0.15) is 0 Å². The van der Waals surface area contributed by atoms with Gasteiger partial charge in [0.05, 0.1) is 22.7 Å². The van der Waals surface area contributed by atoms with E-state index >= 15 is 0 Å². The molecule has 0 saturated carbocycles. The molecular weight excluding hydrogens is 248 g/mol. The van der Waals surface area contributed by atoms with Crippen molar-refractivity contribution >= 4 is 23.4 Å². The van der Waals surface area contributed by atoms with Crippen LogP contribution in [0.15, 0.2) is 23.4 Å². The third kappa shape index (κ3) is 3.61. The molecule has 1 aromatic heterocycles. The van der Waals surface area contributed by atoms with Crippen LogP contribution in [0.2, 0.25) is 0 Å². The van der Waals surface area contributed by atoms with Gasteiger partial charge in [0.2, 0.25) is 5.91 Å². The number of nitrogens with zero attached hydrogens (tertiary/aromatic N) is 3. The molecule has 0 bridgehead atoms. The van der Waals surface area contributed by atoms with Gasteiger partial charge >= 0.3 is 0 Å². The molecular formula is C12H18N4OS. The second-order valence-corrected chi connectivity index (χ2v) is 5.40. The Morgan fingerprint density at radius 2 is 2.11 bits per heavy atom. The Labute approximate surface area is 111 Å². The quantitative estimate of drug-likeness (QED) is 0.809. The Hall–Kier alpha value is -1.27. The van der Waals surface area contributed by atoms with Crippen LogP contribution >= 0.6 is 11.8 Å². The summed E-state index contributed by atoms with van der Waals surface area (Å²) in [5.41, 5.74) is 6.20. The predicted molar refractivity (Wildman–Crippen MR) is 73.5 cm³/mol. The normalized spacial score (nSPS) is 16.8. The van der Waals surface area contributed by atoms with Crippen molar-refractivity contribution in [2.75, 3.05) is 44.7 Å². The molecule has 2 N–H and O–H groups in total. The molecule has 1 saturated heterocycles. The van der Waals surface area contributed by atoms with E-state index in [1.54, 1.807) is 12.3 Å². The van der Waals surface area contributed by atoms with E-state index in [2.05, 4.69) is 16.9 Å². The van der Waals surface area contributed by atoms with Crippen LogP contribution in [0.1, 0.15) is 0 Å². The van der Waals surface area contributed by atoms with Crippen molar-refractivity contribution in [3.05, 3.63) is 18.3 Å². The summed E-state index contributed by atoms with van der Waals surface area (Å²) >= 11 is 1.46. The maximum Gasteiger partial charge on any atom is 0.233 e. The fraction of sp³-hybridized carbons (Fsp3) is 0.500. The molecule has 1 aliphatic heterocycles. The van der Waals surface area contributed by atoms with Crippen LogP contribution in [0.5, 0.6) is 0 Å². The van der Waals surface area contributed by atoms with Gasteiger partial charge in [-0.3, -0.25) is 4.79 Å². The number of hydrogen-bond donors (Lipinski definition) is 1. The molecule has 1 aliphatic rings. The lowest BCUT2D eigenvalue weighted by molar-refractivity contribution is -0.129. The van der Waals surface area contributed by atoms with E-state index in [1.807, 2.05) is 11.0 Å². The van der Waals surface area contributed by atoms with Gasteiger partial charge in [0.25, 0.3) is 0 Å². The van der Waals surface area contributed by atoms with E-state index in [4.69, 9.17) is 5.73 Å². The first kappa shape index (κ1) is 13.2. The lowest BCUT2D eigenvalue weighted by Crippen LogP contribution is -2.47. The second kappa shape index (κ2) is 6.06. The highest BCUT2D eigenvalue weighted by molar-refractivity contribution is 7.99. The summed E-state index contributed by atoms with van der Waals surface area (Å²) in [5.74, 6) is 0.632. The first-order valence-electron chi connectivity index (χ1n) is 5.96. The number of thioether (sulfide) groups is 1. The third-order valence-corrected chi connectivity index (χ3v) is 3.89. The van der Waals surface area contributed by atoms with Gasteiger partial charge in [-0.25, -0.2) is 4.98 Å². The predicted octanol–water partition coefficient (Wildman–Crippen LogP) is 0.530. The van der Waals surface area contributed by atoms with E-state index in [0.29, 0.717) is 11.4 Å². The largest absolute Gasteiger partial charge is 0.397 e. The average Bonchev–Trinajstić information content (AvgIpc) is 2.38. The highest BCUT2D eigenvalue weighted by Gasteiger charge is 2.18. The molecule has 1 aromatic rings. The summed E-state index contributed by atoms with van der Waals surface area (Å²) in [4.78, 5) is 20.3. The van der Waals surface area contributed by atoms with E-state index in [0.717, 1.165) is 31.2 Å². The van der Waals surface area contributed by atoms with Crippen molar-refractivity contribution in [2.45, 2.75) is 5.03 Å². The summed E-state index contributed by atoms with van der Waals surface area (Å²) in [5, 5.41) is 0.840. The number of rotatable bonds is 3. The monoisotopic (exact) mass is 266 g/mol. The fourth-order valence-electron chi connectivity index (χ4n) is 1.76. The molecule has 18 heavy (non-hydrogen) atoms. The molecule has 0 aromatic carbocycles. The van der Waals surface area contributed by atoms with Crippen molar-refractivity contribution in [1.82, 2.24) is 14.8 Å². The molecule has 6 heteroatoms. The van der Waals surface area contributed by atoms with Crippen molar-refractivity contribution in [2.24, 2.45) is 0 Å². The van der Waals surface area contributed by atoms with Gasteiger partial charge in [-0.1, -0.05) is 11.8 Å². The van der Waals surface area contributed by atoms with Crippen molar-refractivity contribution in [3.63, 3.8) is 0 Å². The molecule has 0 unspecified atom stereocenters. The zero-order valence-electron chi connectivity index (χ0n) is 10.5. The molecule has 0 radical (unpaired) electrons. The lowest BCUT2D eigenvalue weighted by atomic mass is 10.3. The molecule has 0 spiro atoms. The Bertz CT molecular complexity index is 401. The molecule has 2 heterocycles. The summed E-state index contributed by atoms with van der Waals surface area (Å²) in [6, 6.07) is 3.65. The van der Waals surface area contributed by atoms with Crippen LogP contribution < -0.4 is 5.73 Å². The molecule has 1 amide bonds. The number of nitrogens with two attached hydrogens (primary N) is 1. The smallest absolute Gasteiger partial charge is 0.233 e. The minimum Gasteiger partial charge on any atom is -0.397 e. The number of pyridine rings is 1. The molecule has 0 atom stereocenters. The highest BCUT2D eigenvalue weighted by Crippen LogP contribution is 2.16. The zero-order chi connectivity index (χ0) is 13.0. The van der Waals surface area contributed by atoms with E-state index in [1.165, 1.54) is 11.8 Å². The Morgan fingerprint density at radius 1 is 1.39 bits per heavy atom. The average molecular weight is 266 g/mol. The summed E-state index contributed by atoms with van der Waals surface area (Å²) in [6.45, 7) is 3.56. The van der Waals surface area contributed by atoms with Crippen LogP contribution in [0.3, 0.4) is 0 Å². The fourth-order valence-corrected chi connectivity index (χ4v) is 2.51. The SMILES string of the molecule is CN1CCN(C(=O)CSc2ccc(N)cn2)CC1. The van der Waals surface area contributed by atoms with Gasteiger partial charge in [-0.05, 0) is 19.2 Å². The van der Waals surface area contributed by atoms with Gasteiger partial charge in [-0.2, -0.15) is 0 Å². The van der Waals surface area contributed by atoms with E-state index < -0.39 is 0 Å². The molecule has 1 fully saturated rings. The molecule has 0 aliphatic carbocycles. The standard InChI is InChI=1S/C12H18N4OS/c1-15-4-6-16(7-5-15)12(17)9-18-11-3-2-10(13)8-14-11/h2-3,8H,4-7,9,13H2,1H3. The minimum absolute atomic E-state index is 0.187. The van der Waals surface area contributed by atoms with Crippen LogP contribution in [-0.2, 0) is 4.79 Å². The molecule has 5 nitrogen and oxygen atoms in total. The number of piperazine rings is 1.